The van der Waals surface area contributed by atoms with Crippen LogP contribution in [0.5, 0.6) is 0 Å². The van der Waals surface area contributed by atoms with Gasteiger partial charge in [0.15, 0.2) is 0 Å². The van der Waals surface area contributed by atoms with E-state index in [-0.39, 0.29) is 0 Å². The molecule has 0 atom stereocenters. The number of aromatic amines is 2. The van der Waals surface area contributed by atoms with Crippen molar-refractivity contribution in [3.05, 3.63) is 41.7 Å². The summed E-state index contributed by atoms with van der Waals surface area (Å²) >= 11 is 0. The molecule has 22 heavy (non-hydrogen) atoms. The largest absolute Gasteiger partial charge is 0.278 e. The molecule has 0 aliphatic heterocycles. The number of rotatable bonds is 1. The first-order valence-electron chi connectivity index (χ1n) is 7.69. The highest BCUT2D eigenvalue weighted by Gasteiger charge is 2.21. The van der Waals surface area contributed by atoms with E-state index in [1.54, 1.807) is 6.20 Å². The molecule has 4 aromatic rings. The van der Waals surface area contributed by atoms with Gasteiger partial charge in [-0.2, -0.15) is 10.2 Å². The molecule has 0 radical (unpaired) electrons. The molecule has 3 aromatic heterocycles. The lowest BCUT2D eigenvalue weighted by Crippen LogP contribution is -2.08. The van der Waals surface area contributed by atoms with Gasteiger partial charge in [0.05, 0.1) is 28.6 Å². The summed E-state index contributed by atoms with van der Waals surface area (Å²) in [5, 5.41) is 16.9. The molecule has 0 unspecified atom stereocenters. The van der Waals surface area contributed by atoms with Crippen LogP contribution in [0.4, 0.5) is 0 Å². The van der Waals surface area contributed by atoms with E-state index in [9.17, 15) is 0 Å². The summed E-state index contributed by atoms with van der Waals surface area (Å²) in [7, 11) is 0. The van der Waals surface area contributed by atoms with Gasteiger partial charge in [0.1, 0.15) is 0 Å². The van der Waals surface area contributed by atoms with E-state index in [4.69, 9.17) is 4.98 Å². The normalized spacial score (nSPS) is 14.5. The van der Waals surface area contributed by atoms with Gasteiger partial charge in [0, 0.05) is 17.0 Å². The summed E-state index contributed by atoms with van der Waals surface area (Å²) in [6, 6.07) is 6.15. The summed E-state index contributed by atoms with van der Waals surface area (Å²) in [5.74, 6) is 0. The Bertz CT molecular complexity index is 981. The maximum absolute atomic E-state index is 4.95. The summed E-state index contributed by atoms with van der Waals surface area (Å²) in [6.07, 6.45) is 8.37. The molecule has 1 aliphatic rings. The van der Waals surface area contributed by atoms with Crippen LogP contribution in [0.25, 0.3) is 33.2 Å². The van der Waals surface area contributed by atoms with E-state index in [0.717, 1.165) is 35.3 Å². The van der Waals surface area contributed by atoms with Crippen molar-refractivity contribution in [2.45, 2.75) is 25.7 Å². The smallest absolute Gasteiger partial charge is 0.0922 e. The molecule has 2 N–H and O–H groups in total. The molecule has 1 aliphatic carbocycles. The van der Waals surface area contributed by atoms with Crippen LogP contribution in [-0.4, -0.2) is 25.4 Å². The summed E-state index contributed by atoms with van der Waals surface area (Å²) < 4.78 is 0. The third-order valence-electron chi connectivity index (χ3n) is 4.65. The van der Waals surface area contributed by atoms with Gasteiger partial charge >= 0.3 is 0 Å². The van der Waals surface area contributed by atoms with E-state index in [2.05, 4.69) is 32.5 Å². The Morgan fingerprint density at radius 2 is 1.82 bits per heavy atom. The number of aromatic nitrogens is 5. The third-order valence-corrected chi connectivity index (χ3v) is 4.65. The fourth-order valence-electron chi connectivity index (χ4n) is 3.66. The van der Waals surface area contributed by atoms with Crippen LogP contribution in [0, 0.1) is 0 Å². The highest BCUT2D eigenvalue weighted by atomic mass is 15.1. The Kier molecular flexibility index (Phi) is 2.38. The first-order chi connectivity index (χ1) is 10.9. The lowest BCUT2D eigenvalue weighted by Gasteiger charge is -2.21. The van der Waals surface area contributed by atoms with Gasteiger partial charge < -0.3 is 0 Å². The average molecular weight is 289 g/mol. The number of pyridine rings is 1. The van der Waals surface area contributed by atoms with Gasteiger partial charge in [0.2, 0.25) is 0 Å². The van der Waals surface area contributed by atoms with Gasteiger partial charge in [0.25, 0.3) is 0 Å². The molecule has 0 saturated heterocycles. The second-order valence-corrected chi connectivity index (χ2v) is 5.89. The first-order valence-corrected chi connectivity index (χ1v) is 7.69. The van der Waals surface area contributed by atoms with Gasteiger partial charge in [-0.15, -0.1) is 0 Å². The Hall–Kier alpha value is -2.69. The molecule has 0 saturated carbocycles. The topological polar surface area (TPSA) is 70.2 Å². The second kappa shape index (κ2) is 4.40. The molecular weight excluding hydrogens is 274 g/mol. The zero-order valence-corrected chi connectivity index (χ0v) is 12.1. The quantitative estimate of drug-likeness (QED) is 0.564. The minimum Gasteiger partial charge on any atom is -0.278 e. The zero-order chi connectivity index (χ0) is 14.5. The summed E-state index contributed by atoms with van der Waals surface area (Å²) in [5.41, 5.74) is 7.00. The van der Waals surface area contributed by atoms with Gasteiger partial charge in [-0.1, -0.05) is 0 Å². The number of hydrogen-bond acceptors (Lipinski definition) is 3. The standard InChI is InChI=1S/C17H15N5/c1-2-4-11-10(3-1)16-12-9-19-21-13(12)5-6-14(16)20-17(11)15-7-8-18-22-15/h5-9H,1-4H2,(H,18,22)(H,19,21). The number of hydrogen-bond donors (Lipinski definition) is 2. The van der Waals surface area contributed by atoms with Crippen molar-refractivity contribution in [1.29, 1.82) is 0 Å². The number of nitrogens with zero attached hydrogens (tertiary/aromatic N) is 3. The highest BCUT2D eigenvalue weighted by molar-refractivity contribution is 6.07. The molecule has 0 amide bonds. The maximum Gasteiger partial charge on any atom is 0.0922 e. The van der Waals surface area contributed by atoms with E-state index < -0.39 is 0 Å². The van der Waals surface area contributed by atoms with Crippen molar-refractivity contribution >= 4 is 21.8 Å². The summed E-state index contributed by atoms with van der Waals surface area (Å²) in [6.45, 7) is 0. The predicted octanol–water partition coefficient (Wildman–Crippen LogP) is 3.38. The SMILES string of the molecule is c1cc(-c2nc3ccc4[nH]ncc4c3c3c2CCCC3)[nH]n1. The fraction of sp³-hybridized carbons (Fsp3) is 0.235. The van der Waals surface area contributed by atoms with Crippen molar-refractivity contribution < 1.29 is 0 Å². The van der Waals surface area contributed by atoms with Crippen molar-refractivity contribution in [1.82, 2.24) is 25.4 Å². The van der Waals surface area contributed by atoms with Gasteiger partial charge in [-0.3, -0.25) is 10.2 Å². The number of aryl methyl sites for hydroxylation is 1. The third kappa shape index (κ3) is 1.56. The van der Waals surface area contributed by atoms with Crippen LogP contribution < -0.4 is 0 Å². The summed E-state index contributed by atoms with van der Waals surface area (Å²) in [4.78, 5) is 4.95. The monoisotopic (exact) mass is 289 g/mol. The van der Waals surface area contributed by atoms with E-state index in [1.165, 1.54) is 34.7 Å². The van der Waals surface area contributed by atoms with Crippen LogP contribution in [0.1, 0.15) is 24.0 Å². The Morgan fingerprint density at radius 1 is 0.909 bits per heavy atom. The predicted molar refractivity (Wildman–Crippen MR) is 85.6 cm³/mol. The molecular formula is C17H15N5. The maximum atomic E-state index is 4.95. The zero-order valence-electron chi connectivity index (χ0n) is 12.1. The van der Waals surface area contributed by atoms with Crippen molar-refractivity contribution in [3.8, 4) is 11.4 Å². The van der Waals surface area contributed by atoms with Crippen molar-refractivity contribution in [2.24, 2.45) is 0 Å². The van der Waals surface area contributed by atoms with Crippen molar-refractivity contribution in [3.63, 3.8) is 0 Å². The molecule has 5 nitrogen and oxygen atoms in total. The number of H-pyrrole nitrogens is 2. The van der Waals surface area contributed by atoms with E-state index in [0.29, 0.717) is 0 Å². The van der Waals surface area contributed by atoms with Crippen LogP contribution in [0.2, 0.25) is 0 Å². The Labute approximate surface area is 126 Å². The van der Waals surface area contributed by atoms with E-state index in [1.807, 2.05) is 12.3 Å². The Morgan fingerprint density at radius 3 is 2.68 bits per heavy atom. The highest BCUT2D eigenvalue weighted by Crippen LogP contribution is 2.37. The van der Waals surface area contributed by atoms with Gasteiger partial charge in [-0.05, 0) is 55.0 Å². The minimum atomic E-state index is 1.01. The number of nitrogens with one attached hydrogen (secondary N) is 2. The molecule has 0 spiro atoms. The lowest BCUT2D eigenvalue weighted by atomic mass is 9.86. The average Bonchev–Trinajstić information content (AvgIpc) is 3.25. The second-order valence-electron chi connectivity index (χ2n) is 5.89. The molecule has 5 rings (SSSR count). The molecule has 3 heterocycles. The molecule has 0 bridgehead atoms. The number of fused-ring (bicyclic) bond motifs is 5. The Balaban J connectivity index is 1.95. The van der Waals surface area contributed by atoms with Crippen LogP contribution in [0.15, 0.2) is 30.6 Å². The van der Waals surface area contributed by atoms with Crippen LogP contribution in [-0.2, 0) is 12.8 Å². The fourth-order valence-corrected chi connectivity index (χ4v) is 3.66. The minimum absolute atomic E-state index is 1.01. The van der Waals surface area contributed by atoms with Crippen molar-refractivity contribution in [2.75, 3.05) is 0 Å². The molecule has 0 fully saturated rings. The number of benzene rings is 1. The first kappa shape index (κ1) is 11.9. The van der Waals surface area contributed by atoms with Gasteiger partial charge in [-0.25, -0.2) is 4.98 Å². The molecule has 5 heteroatoms. The molecule has 108 valence electrons. The van der Waals surface area contributed by atoms with E-state index >= 15 is 0 Å². The molecule has 1 aromatic carbocycles. The van der Waals surface area contributed by atoms with Crippen LogP contribution in [0.3, 0.4) is 0 Å². The van der Waals surface area contributed by atoms with Crippen LogP contribution >= 0.6 is 0 Å². The lowest BCUT2D eigenvalue weighted by molar-refractivity contribution is 0.689.